The molecule has 1 saturated carbocycles. The molecule has 1 aliphatic carbocycles. The van der Waals surface area contributed by atoms with Gasteiger partial charge in [0.15, 0.2) is 0 Å². The third-order valence-corrected chi connectivity index (χ3v) is 6.92. The van der Waals surface area contributed by atoms with Crippen molar-refractivity contribution in [1.82, 2.24) is 9.03 Å². The van der Waals surface area contributed by atoms with E-state index < -0.39 is 16.2 Å². The molecule has 0 aromatic heterocycles. The third kappa shape index (κ3) is 4.40. The van der Waals surface area contributed by atoms with Crippen molar-refractivity contribution in [2.75, 3.05) is 20.2 Å². The van der Waals surface area contributed by atoms with Crippen LogP contribution in [0.5, 0.6) is 0 Å². The van der Waals surface area contributed by atoms with Gasteiger partial charge in [-0.25, -0.2) is 4.79 Å². The van der Waals surface area contributed by atoms with Crippen LogP contribution in [0.15, 0.2) is 24.3 Å². The number of hydrogen-bond acceptors (Lipinski definition) is 4. The number of benzene rings is 1. The summed E-state index contributed by atoms with van der Waals surface area (Å²) in [5.41, 5.74) is 1.15. The monoisotopic (exact) mass is 366 g/mol. The summed E-state index contributed by atoms with van der Waals surface area (Å²) in [6.45, 7) is 1.39. The van der Waals surface area contributed by atoms with Gasteiger partial charge in [-0.05, 0) is 42.4 Å². The Labute approximate surface area is 149 Å². The lowest BCUT2D eigenvalue weighted by Crippen LogP contribution is -2.48. The third-order valence-electron chi connectivity index (χ3n) is 5.40. The van der Waals surface area contributed by atoms with E-state index in [1.807, 2.05) is 0 Å². The number of esters is 1. The topological polar surface area (TPSA) is 75.7 Å². The first-order chi connectivity index (χ1) is 12.0. The van der Waals surface area contributed by atoms with Crippen LogP contribution >= 0.6 is 0 Å². The van der Waals surface area contributed by atoms with Gasteiger partial charge in [-0.2, -0.15) is 17.4 Å². The molecule has 1 aromatic rings. The molecule has 0 radical (unpaired) electrons. The highest BCUT2D eigenvalue weighted by molar-refractivity contribution is 7.87. The molecule has 1 aliphatic heterocycles. The maximum atomic E-state index is 12.6. The fourth-order valence-corrected chi connectivity index (χ4v) is 5.24. The molecule has 1 N–H and O–H groups in total. The molecule has 6 nitrogen and oxygen atoms in total. The van der Waals surface area contributed by atoms with Crippen LogP contribution in [-0.4, -0.2) is 38.9 Å². The number of fused-ring (bicyclic) bond motifs is 1. The molecular weight excluding hydrogens is 340 g/mol. The summed E-state index contributed by atoms with van der Waals surface area (Å²) >= 11 is 0. The van der Waals surface area contributed by atoms with Crippen LogP contribution in [0.4, 0.5) is 0 Å². The molecule has 2 aliphatic rings. The number of nitrogens with one attached hydrogen (secondary N) is 1. The van der Waals surface area contributed by atoms with Gasteiger partial charge in [0.2, 0.25) is 0 Å². The molecule has 138 valence electrons. The Balaban J connectivity index is 1.61. The Bertz CT molecular complexity index is 720. The van der Waals surface area contributed by atoms with Crippen LogP contribution in [0.25, 0.3) is 0 Å². The smallest absolute Gasteiger partial charge is 0.337 e. The number of nitrogens with zero attached hydrogens (tertiary/aromatic N) is 1. The summed E-state index contributed by atoms with van der Waals surface area (Å²) < 4.78 is 34.2. The van der Waals surface area contributed by atoms with Gasteiger partial charge in [0, 0.05) is 19.6 Å². The maximum Gasteiger partial charge on any atom is 0.337 e. The van der Waals surface area contributed by atoms with Gasteiger partial charge < -0.3 is 4.74 Å². The van der Waals surface area contributed by atoms with Crippen LogP contribution in [0.2, 0.25) is 0 Å². The minimum absolute atomic E-state index is 0.164. The molecule has 25 heavy (non-hydrogen) atoms. The zero-order valence-electron chi connectivity index (χ0n) is 14.6. The van der Waals surface area contributed by atoms with Crippen molar-refractivity contribution in [1.29, 1.82) is 0 Å². The van der Waals surface area contributed by atoms with E-state index in [1.54, 1.807) is 28.6 Å². The fourth-order valence-electron chi connectivity index (χ4n) is 3.98. The number of rotatable bonds is 5. The molecule has 1 aromatic carbocycles. The zero-order chi connectivity index (χ0) is 17.9. The van der Waals surface area contributed by atoms with Crippen molar-refractivity contribution in [3.05, 3.63) is 35.4 Å². The second-order valence-corrected chi connectivity index (χ2v) is 8.72. The van der Waals surface area contributed by atoms with Gasteiger partial charge in [0.05, 0.1) is 12.7 Å². The Morgan fingerprint density at radius 3 is 2.76 bits per heavy atom. The second-order valence-electron chi connectivity index (χ2n) is 6.97. The minimum atomic E-state index is -3.50. The van der Waals surface area contributed by atoms with E-state index in [1.165, 1.54) is 26.4 Å². The average molecular weight is 366 g/mol. The molecule has 2 unspecified atom stereocenters. The van der Waals surface area contributed by atoms with E-state index in [9.17, 15) is 13.2 Å². The van der Waals surface area contributed by atoms with E-state index in [4.69, 9.17) is 4.74 Å². The molecular formula is C18H26N2O4S. The Hall–Kier alpha value is -1.44. The molecule has 2 fully saturated rings. The van der Waals surface area contributed by atoms with Crippen molar-refractivity contribution in [2.24, 2.45) is 11.8 Å². The molecule has 3 rings (SSSR count). The number of ether oxygens (including phenoxy) is 1. The van der Waals surface area contributed by atoms with Crippen molar-refractivity contribution >= 4 is 16.2 Å². The predicted molar refractivity (Wildman–Crippen MR) is 95.2 cm³/mol. The molecule has 0 bridgehead atoms. The van der Waals surface area contributed by atoms with Gasteiger partial charge in [-0.1, -0.05) is 31.4 Å². The summed E-state index contributed by atoms with van der Waals surface area (Å²) in [6.07, 6.45) is 5.83. The molecule has 1 heterocycles. The minimum Gasteiger partial charge on any atom is -0.465 e. The van der Waals surface area contributed by atoms with Crippen LogP contribution in [0.1, 0.15) is 48.0 Å². The van der Waals surface area contributed by atoms with Crippen molar-refractivity contribution in [3.8, 4) is 0 Å². The molecule has 2 atom stereocenters. The number of carbonyl (C=O) groups excluding carboxylic acids is 1. The summed E-state index contributed by atoms with van der Waals surface area (Å²) in [5, 5.41) is 0. The predicted octanol–water partition coefficient (Wildman–Crippen LogP) is 2.32. The Kier molecular flexibility index (Phi) is 5.76. The van der Waals surface area contributed by atoms with Crippen molar-refractivity contribution in [3.63, 3.8) is 0 Å². The zero-order valence-corrected chi connectivity index (χ0v) is 15.4. The molecule has 1 saturated heterocycles. The van der Waals surface area contributed by atoms with Gasteiger partial charge >= 0.3 is 5.97 Å². The van der Waals surface area contributed by atoms with E-state index in [0.29, 0.717) is 30.5 Å². The Morgan fingerprint density at radius 1 is 1.24 bits per heavy atom. The fraction of sp³-hybridized carbons (Fsp3) is 0.611. The maximum absolute atomic E-state index is 12.6. The van der Waals surface area contributed by atoms with Crippen LogP contribution in [0, 0.1) is 11.8 Å². The normalized spacial score (nSPS) is 24.5. The first-order valence-electron chi connectivity index (χ1n) is 8.91. The SMILES string of the molecule is COC(=O)c1cccc(CNS(=O)(=O)N2CCC3CCCCC3C2)c1. The number of methoxy groups -OCH3 is 1. The average Bonchev–Trinajstić information content (AvgIpc) is 2.65. The van der Waals surface area contributed by atoms with Crippen molar-refractivity contribution in [2.45, 2.75) is 38.6 Å². The second kappa shape index (κ2) is 7.85. The number of piperidine rings is 1. The van der Waals surface area contributed by atoms with Crippen LogP contribution in [0.3, 0.4) is 0 Å². The lowest BCUT2D eigenvalue weighted by Gasteiger charge is -2.40. The number of carbonyl (C=O) groups is 1. The van der Waals surface area contributed by atoms with E-state index in [-0.39, 0.29) is 6.54 Å². The van der Waals surface area contributed by atoms with Crippen molar-refractivity contribution < 1.29 is 17.9 Å². The summed E-state index contributed by atoms with van der Waals surface area (Å²) in [5.74, 6) is 0.766. The standard InChI is InChI=1S/C18H26N2O4S/c1-24-18(21)16-8-4-5-14(11-16)12-19-25(22,23)20-10-9-15-6-2-3-7-17(15)13-20/h4-5,8,11,15,17,19H,2-3,6-7,9-10,12-13H2,1H3. The molecule has 7 heteroatoms. The van der Waals surface area contributed by atoms with E-state index in [2.05, 4.69) is 4.72 Å². The highest BCUT2D eigenvalue weighted by Gasteiger charge is 2.35. The van der Waals surface area contributed by atoms with Gasteiger partial charge in [0.25, 0.3) is 10.2 Å². The highest BCUT2D eigenvalue weighted by Crippen LogP contribution is 2.36. The Morgan fingerprint density at radius 2 is 2.00 bits per heavy atom. The highest BCUT2D eigenvalue weighted by atomic mass is 32.2. The van der Waals surface area contributed by atoms with Crippen LogP contribution in [-0.2, 0) is 21.5 Å². The lowest BCUT2D eigenvalue weighted by molar-refractivity contribution is 0.0600. The van der Waals surface area contributed by atoms with Gasteiger partial charge in [-0.3, -0.25) is 0 Å². The van der Waals surface area contributed by atoms with Gasteiger partial charge in [0.1, 0.15) is 0 Å². The molecule has 0 spiro atoms. The number of hydrogen-bond donors (Lipinski definition) is 1. The summed E-state index contributed by atoms with van der Waals surface area (Å²) in [4.78, 5) is 11.6. The van der Waals surface area contributed by atoms with E-state index >= 15 is 0 Å². The summed E-state index contributed by atoms with van der Waals surface area (Å²) in [6, 6.07) is 6.82. The summed E-state index contributed by atoms with van der Waals surface area (Å²) in [7, 11) is -2.18. The van der Waals surface area contributed by atoms with Gasteiger partial charge in [-0.15, -0.1) is 0 Å². The largest absolute Gasteiger partial charge is 0.465 e. The molecule has 0 amide bonds. The quantitative estimate of drug-likeness (QED) is 0.812. The van der Waals surface area contributed by atoms with E-state index in [0.717, 1.165) is 18.4 Å². The van der Waals surface area contributed by atoms with Crippen LogP contribution < -0.4 is 4.72 Å². The lowest BCUT2D eigenvalue weighted by atomic mass is 9.76. The first kappa shape index (κ1) is 18.4. The first-order valence-corrected chi connectivity index (χ1v) is 10.4.